The fourth-order valence-electron chi connectivity index (χ4n) is 6.07. The van der Waals surface area contributed by atoms with Crippen molar-refractivity contribution in [2.45, 2.75) is 64.9 Å². The van der Waals surface area contributed by atoms with Crippen molar-refractivity contribution in [3.63, 3.8) is 0 Å². The molecule has 1 aliphatic heterocycles. The summed E-state index contributed by atoms with van der Waals surface area (Å²) in [5.41, 5.74) is -0.878. The van der Waals surface area contributed by atoms with Gasteiger partial charge in [0.1, 0.15) is 5.60 Å². The molecule has 6 heteroatoms. The van der Waals surface area contributed by atoms with E-state index in [0.29, 0.717) is 24.4 Å². The Labute approximate surface area is 160 Å². The van der Waals surface area contributed by atoms with Crippen LogP contribution in [0.15, 0.2) is 0 Å². The van der Waals surface area contributed by atoms with Gasteiger partial charge in [-0.1, -0.05) is 0 Å². The topological polar surface area (TPSA) is 78.9 Å². The monoisotopic (exact) mass is 378 g/mol. The molecule has 0 aromatic rings. The van der Waals surface area contributed by atoms with E-state index in [2.05, 4.69) is 0 Å². The highest BCUT2D eigenvalue weighted by molar-refractivity contribution is 5.79. The number of fused-ring (bicyclic) bond motifs is 6. The van der Waals surface area contributed by atoms with E-state index in [4.69, 9.17) is 14.2 Å². The number of hydrogen-bond donors (Lipinski definition) is 0. The van der Waals surface area contributed by atoms with Gasteiger partial charge in [-0.15, -0.1) is 0 Å². The first kappa shape index (κ1) is 18.8. The van der Waals surface area contributed by atoms with Crippen LogP contribution in [0.1, 0.15) is 59.3 Å². The molecular weight excluding hydrogens is 348 g/mol. The number of hydrogen-bond acceptors (Lipinski definition) is 6. The fraction of sp³-hybridized carbons (Fsp3) is 0.857. The summed E-state index contributed by atoms with van der Waals surface area (Å²) in [5.74, 6) is 0.517. The van der Waals surface area contributed by atoms with Gasteiger partial charge < -0.3 is 14.2 Å². The van der Waals surface area contributed by atoms with Crippen LogP contribution in [0.25, 0.3) is 0 Å². The van der Waals surface area contributed by atoms with E-state index in [0.717, 1.165) is 38.5 Å². The molecule has 3 aliphatic carbocycles. The third-order valence-electron chi connectivity index (χ3n) is 7.17. The van der Waals surface area contributed by atoms with E-state index in [1.54, 1.807) is 20.8 Å². The highest BCUT2D eigenvalue weighted by Crippen LogP contribution is 2.65. The van der Waals surface area contributed by atoms with E-state index < -0.39 is 17.4 Å². The molecule has 5 atom stereocenters. The molecule has 4 rings (SSSR count). The number of carbonyl (C=O) groups excluding carboxylic acids is 3. The Bertz CT molecular complexity index is 642. The number of esters is 3. The van der Waals surface area contributed by atoms with Gasteiger partial charge in [-0.05, 0) is 77.0 Å². The molecule has 4 aliphatic rings. The van der Waals surface area contributed by atoms with Crippen LogP contribution in [0, 0.1) is 35.0 Å². The maximum atomic E-state index is 12.5. The van der Waals surface area contributed by atoms with Gasteiger partial charge in [0.15, 0.2) is 6.61 Å². The van der Waals surface area contributed by atoms with Crippen molar-refractivity contribution in [2.24, 2.45) is 35.0 Å². The molecule has 3 saturated carbocycles. The van der Waals surface area contributed by atoms with E-state index >= 15 is 0 Å². The van der Waals surface area contributed by atoms with Crippen molar-refractivity contribution in [2.75, 3.05) is 13.2 Å². The smallest absolute Gasteiger partial charge is 0.344 e. The zero-order valence-electron chi connectivity index (χ0n) is 16.5. The molecule has 6 nitrogen and oxygen atoms in total. The van der Waals surface area contributed by atoms with Crippen molar-refractivity contribution in [3.8, 4) is 0 Å². The highest BCUT2D eigenvalue weighted by Gasteiger charge is 2.68. The van der Waals surface area contributed by atoms with Crippen LogP contribution in [0.3, 0.4) is 0 Å². The van der Waals surface area contributed by atoms with Gasteiger partial charge in [0.05, 0.1) is 17.9 Å². The lowest BCUT2D eigenvalue weighted by molar-refractivity contribution is -0.165. The average Bonchev–Trinajstić information content (AvgIpc) is 3.34. The van der Waals surface area contributed by atoms with Crippen LogP contribution in [0.2, 0.25) is 0 Å². The van der Waals surface area contributed by atoms with Crippen molar-refractivity contribution in [1.82, 2.24) is 0 Å². The van der Waals surface area contributed by atoms with Crippen molar-refractivity contribution >= 4 is 17.9 Å². The number of rotatable bonds is 4. The molecule has 1 heterocycles. The number of carbonyl (C=O) groups is 3. The second-order valence-corrected chi connectivity index (χ2v) is 9.91. The summed E-state index contributed by atoms with van der Waals surface area (Å²) >= 11 is 0. The first-order valence-electron chi connectivity index (χ1n) is 10.3. The summed E-state index contributed by atoms with van der Waals surface area (Å²) in [6, 6.07) is 0. The Kier molecular flexibility index (Phi) is 4.51. The predicted molar refractivity (Wildman–Crippen MR) is 95.3 cm³/mol. The zero-order valence-corrected chi connectivity index (χ0v) is 16.5. The van der Waals surface area contributed by atoms with Crippen LogP contribution in [-0.2, 0) is 28.6 Å². The van der Waals surface area contributed by atoms with Crippen LogP contribution < -0.4 is 0 Å². The molecule has 0 amide bonds. The summed E-state index contributed by atoms with van der Waals surface area (Å²) < 4.78 is 16.4. The molecule has 27 heavy (non-hydrogen) atoms. The minimum Gasteiger partial charge on any atom is -0.463 e. The van der Waals surface area contributed by atoms with Crippen molar-refractivity contribution in [1.29, 1.82) is 0 Å². The van der Waals surface area contributed by atoms with Crippen LogP contribution in [-0.4, -0.2) is 36.7 Å². The first-order chi connectivity index (χ1) is 12.7. The molecule has 4 fully saturated rings. The SMILES string of the molecule is CC(C)(C)C(=O)OCC(=O)OCC1CC2CC1C1C2C(=O)OC12CCCC2. The number of ether oxygens (including phenoxy) is 3. The molecule has 2 bridgehead atoms. The Hall–Kier alpha value is -1.59. The molecule has 5 unspecified atom stereocenters. The lowest BCUT2D eigenvalue weighted by Gasteiger charge is -2.37. The van der Waals surface area contributed by atoms with Crippen molar-refractivity contribution in [3.05, 3.63) is 0 Å². The predicted octanol–water partition coefficient (Wildman–Crippen LogP) is 2.88. The Balaban J connectivity index is 1.32. The second kappa shape index (κ2) is 6.49. The van der Waals surface area contributed by atoms with Gasteiger partial charge >= 0.3 is 17.9 Å². The van der Waals surface area contributed by atoms with E-state index in [1.165, 1.54) is 0 Å². The zero-order chi connectivity index (χ0) is 19.4. The Morgan fingerprint density at radius 3 is 2.52 bits per heavy atom. The van der Waals surface area contributed by atoms with E-state index in [1.807, 2.05) is 0 Å². The molecule has 0 N–H and O–H groups in total. The van der Waals surface area contributed by atoms with Gasteiger partial charge in [-0.3, -0.25) is 9.59 Å². The summed E-state index contributed by atoms with van der Waals surface area (Å²) in [6.45, 7) is 5.25. The Morgan fingerprint density at radius 1 is 1.15 bits per heavy atom. The third kappa shape index (κ3) is 3.15. The summed E-state index contributed by atoms with van der Waals surface area (Å²) in [7, 11) is 0. The van der Waals surface area contributed by atoms with Gasteiger partial charge in [0.2, 0.25) is 0 Å². The molecular formula is C21H30O6. The standard InChI is InChI=1S/C21H30O6/c1-20(2,3)19(24)26-11-15(22)25-10-13-8-12-9-14(13)17-16(12)18(23)27-21(17)6-4-5-7-21/h12-14,16-17H,4-11H2,1-3H3. The van der Waals surface area contributed by atoms with E-state index in [9.17, 15) is 14.4 Å². The third-order valence-corrected chi connectivity index (χ3v) is 7.17. The largest absolute Gasteiger partial charge is 0.463 e. The normalized spacial score (nSPS) is 36.0. The maximum Gasteiger partial charge on any atom is 0.344 e. The van der Waals surface area contributed by atoms with Crippen LogP contribution >= 0.6 is 0 Å². The van der Waals surface area contributed by atoms with Gasteiger partial charge in [0, 0.05) is 5.92 Å². The summed E-state index contributed by atoms with van der Waals surface area (Å²) in [4.78, 5) is 36.2. The lowest BCUT2D eigenvalue weighted by atomic mass is 9.68. The molecule has 150 valence electrons. The minimum atomic E-state index is -0.634. The molecule has 1 saturated heterocycles. The molecule has 0 aromatic heterocycles. The lowest BCUT2D eigenvalue weighted by Crippen LogP contribution is -2.41. The minimum absolute atomic E-state index is 0.0129. The highest BCUT2D eigenvalue weighted by atomic mass is 16.6. The van der Waals surface area contributed by atoms with E-state index in [-0.39, 0.29) is 30.0 Å². The fourth-order valence-corrected chi connectivity index (χ4v) is 6.07. The quantitative estimate of drug-likeness (QED) is 0.553. The maximum absolute atomic E-state index is 12.5. The molecule has 0 aromatic carbocycles. The van der Waals surface area contributed by atoms with Crippen LogP contribution in [0.4, 0.5) is 0 Å². The average molecular weight is 378 g/mol. The molecule has 0 radical (unpaired) electrons. The molecule has 1 spiro atoms. The van der Waals surface area contributed by atoms with Gasteiger partial charge in [0.25, 0.3) is 0 Å². The Morgan fingerprint density at radius 2 is 1.85 bits per heavy atom. The summed E-state index contributed by atoms with van der Waals surface area (Å²) in [5, 5.41) is 0. The second-order valence-electron chi connectivity index (χ2n) is 9.91. The van der Waals surface area contributed by atoms with Gasteiger partial charge in [-0.2, -0.15) is 0 Å². The summed E-state index contributed by atoms with van der Waals surface area (Å²) in [6.07, 6.45) is 6.20. The van der Waals surface area contributed by atoms with Crippen molar-refractivity contribution < 1.29 is 28.6 Å². The van der Waals surface area contributed by atoms with Gasteiger partial charge in [-0.25, -0.2) is 4.79 Å². The van der Waals surface area contributed by atoms with Crippen LogP contribution in [0.5, 0.6) is 0 Å². The first-order valence-corrected chi connectivity index (χ1v) is 10.3.